The predicted octanol–water partition coefficient (Wildman–Crippen LogP) is 3.23. The van der Waals surface area contributed by atoms with Crippen LogP contribution in [0.3, 0.4) is 0 Å². The van der Waals surface area contributed by atoms with E-state index in [4.69, 9.17) is 15.2 Å². The van der Waals surface area contributed by atoms with E-state index in [0.717, 1.165) is 5.69 Å². The molecule has 0 saturated carbocycles. The van der Waals surface area contributed by atoms with Crippen LogP contribution >= 0.6 is 0 Å². The number of ether oxygens (including phenoxy) is 2. The van der Waals surface area contributed by atoms with Crippen molar-refractivity contribution in [1.29, 1.82) is 0 Å². The molecule has 0 aliphatic rings. The van der Waals surface area contributed by atoms with Gasteiger partial charge in [0.05, 0.1) is 18.3 Å². The second kappa shape index (κ2) is 11.3. The van der Waals surface area contributed by atoms with Crippen LogP contribution in [0.2, 0.25) is 0 Å². The molecule has 3 rings (SSSR count). The third-order valence-electron chi connectivity index (χ3n) is 5.45. The summed E-state index contributed by atoms with van der Waals surface area (Å²) in [5.74, 6) is -0.280. The summed E-state index contributed by atoms with van der Waals surface area (Å²) in [5.41, 5.74) is 7.36. The highest BCUT2D eigenvalue weighted by Gasteiger charge is 2.21. The van der Waals surface area contributed by atoms with Gasteiger partial charge in [0.15, 0.2) is 0 Å². The van der Waals surface area contributed by atoms with Gasteiger partial charge in [-0.05, 0) is 65.7 Å². The van der Waals surface area contributed by atoms with Crippen molar-refractivity contribution in [3.8, 4) is 5.75 Å². The SMILES string of the molecule is CCn1nc(C)cc1C(=O)Nc1nc2cc(C(N)=O)cc(OC)c2n1CCCCNC(=O)OC(C)(C)C. The van der Waals surface area contributed by atoms with Gasteiger partial charge >= 0.3 is 6.09 Å². The molecule has 0 fully saturated rings. The van der Waals surface area contributed by atoms with E-state index in [1.165, 1.54) is 7.11 Å². The molecule has 12 heteroatoms. The van der Waals surface area contributed by atoms with Gasteiger partial charge in [-0.25, -0.2) is 9.78 Å². The van der Waals surface area contributed by atoms with Gasteiger partial charge in [0, 0.05) is 25.2 Å². The quantitative estimate of drug-likeness (QED) is 0.351. The zero-order valence-corrected chi connectivity index (χ0v) is 22.2. The first-order chi connectivity index (χ1) is 17.4. The number of hydrogen-bond donors (Lipinski definition) is 3. The number of carbonyl (C=O) groups excluding carboxylic acids is 3. The molecule has 0 aliphatic carbocycles. The maximum Gasteiger partial charge on any atom is 0.407 e. The van der Waals surface area contributed by atoms with E-state index in [2.05, 4.69) is 20.7 Å². The van der Waals surface area contributed by atoms with E-state index in [1.807, 2.05) is 18.4 Å². The minimum atomic E-state index is -0.615. The summed E-state index contributed by atoms with van der Waals surface area (Å²) < 4.78 is 14.2. The number of alkyl carbamates (subject to hydrolysis) is 1. The van der Waals surface area contributed by atoms with E-state index < -0.39 is 17.6 Å². The molecule has 0 aliphatic heterocycles. The number of benzene rings is 1. The zero-order valence-electron chi connectivity index (χ0n) is 22.2. The minimum absolute atomic E-state index is 0.244. The Balaban J connectivity index is 1.86. The van der Waals surface area contributed by atoms with Gasteiger partial charge in [-0.15, -0.1) is 0 Å². The van der Waals surface area contributed by atoms with Gasteiger partial charge < -0.3 is 25.1 Å². The Hall–Kier alpha value is -4.09. The summed E-state index contributed by atoms with van der Waals surface area (Å²) in [7, 11) is 1.49. The largest absolute Gasteiger partial charge is 0.494 e. The maximum absolute atomic E-state index is 13.1. The van der Waals surface area contributed by atoms with Crippen molar-refractivity contribution >= 4 is 34.9 Å². The maximum atomic E-state index is 13.1. The lowest BCUT2D eigenvalue weighted by Crippen LogP contribution is -2.33. The number of rotatable bonds is 10. The van der Waals surface area contributed by atoms with Crippen LogP contribution in [-0.4, -0.2) is 56.5 Å². The number of primary amides is 1. The molecular weight excluding hydrogens is 478 g/mol. The van der Waals surface area contributed by atoms with Gasteiger partial charge in [0.2, 0.25) is 11.9 Å². The lowest BCUT2D eigenvalue weighted by atomic mass is 10.1. The van der Waals surface area contributed by atoms with E-state index >= 15 is 0 Å². The first-order valence-electron chi connectivity index (χ1n) is 12.1. The van der Waals surface area contributed by atoms with E-state index in [-0.39, 0.29) is 11.5 Å². The summed E-state index contributed by atoms with van der Waals surface area (Å²) in [6.45, 7) is 10.5. The third kappa shape index (κ3) is 6.78. The van der Waals surface area contributed by atoms with E-state index in [1.54, 1.807) is 43.7 Å². The number of amides is 3. The minimum Gasteiger partial charge on any atom is -0.494 e. The second-order valence-corrected chi connectivity index (χ2v) is 9.57. The molecule has 3 aromatic rings. The van der Waals surface area contributed by atoms with Crippen molar-refractivity contribution in [2.45, 2.75) is 66.2 Å². The normalized spacial score (nSPS) is 11.4. The number of nitrogens with zero attached hydrogens (tertiary/aromatic N) is 4. The van der Waals surface area contributed by atoms with Crippen LogP contribution in [0.15, 0.2) is 18.2 Å². The molecule has 0 spiro atoms. The van der Waals surface area contributed by atoms with Gasteiger partial charge in [-0.3, -0.25) is 19.6 Å². The van der Waals surface area contributed by atoms with Crippen LogP contribution < -0.4 is 21.1 Å². The Kier molecular flexibility index (Phi) is 8.41. The number of methoxy groups -OCH3 is 1. The van der Waals surface area contributed by atoms with Crippen LogP contribution in [-0.2, 0) is 17.8 Å². The van der Waals surface area contributed by atoms with Crippen LogP contribution in [0.4, 0.5) is 10.7 Å². The molecule has 3 amide bonds. The fraction of sp³-hybridized carbons (Fsp3) is 0.480. The molecule has 2 heterocycles. The van der Waals surface area contributed by atoms with Crippen molar-refractivity contribution in [3.05, 3.63) is 35.2 Å². The number of aryl methyl sites for hydroxylation is 3. The number of anilines is 1. The summed E-state index contributed by atoms with van der Waals surface area (Å²) in [4.78, 5) is 41.5. The fourth-order valence-electron chi connectivity index (χ4n) is 3.88. The van der Waals surface area contributed by atoms with Gasteiger partial charge in [-0.2, -0.15) is 5.10 Å². The van der Waals surface area contributed by atoms with Crippen LogP contribution in [0.5, 0.6) is 5.75 Å². The van der Waals surface area contributed by atoms with E-state index in [0.29, 0.717) is 60.9 Å². The zero-order chi connectivity index (χ0) is 27.3. The molecule has 1 aromatic carbocycles. The standard InChI is InChI=1S/C25H35N7O5/c1-7-32-18(12-15(2)30-32)22(34)29-23-28-17-13-16(21(26)33)14-19(36-6)20(17)31(23)11-9-8-10-27-24(35)37-25(3,4)5/h12-14H,7-11H2,1-6H3,(H2,26,33)(H,27,35)(H,28,29,34). The first kappa shape index (κ1) is 27.5. The average molecular weight is 514 g/mol. The summed E-state index contributed by atoms with van der Waals surface area (Å²) in [6.07, 6.45) is 0.823. The highest BCUT2D eigenvalue weighted by Crippen LogP contribution is 2.31. The Morgan fingerprint density at radius 1 is 1.14 bits per heavy atom. The van der Waals surface area contributed by atoms with Crippen LogP contribution in [0, 0.1) is 6.92 Å². The number of fused-ring (bicyclic) bond motifs is 1. The molecule has 12 nitrogen and oxygen atoms in total. The molecule has 0 radical (unpaired) electrons. The number of nitrogens with two attached hydrogens (primary N) is 1. The predicted molar refractivity (Wildman–Crippen MR) is 139 cm³/mol. The van der Waals surface area contributed by atoms with E-state index in [9.17, 15) is 14.4 Å². The smallest absolute Gasteiger partial charge is 0.407 e. The Morgan fingerprint density at radius 3 is 2.49 bits per heavy atom. The third-order valence-corrected chi connectivity index (χ3v) is 5.45. The van der Waals surface area contributed by atoms with Gasteiger partial charge in [0.25, 0.3) is 5.91 Å². The van der Waals surface area contributed by atoms with Crippen LogP contribution in [0.1, 0.15) is 67.1 Å². The molecule has 0 unspecified atom stereocenters. The molecule has 37 heavy (non-hydrogen) atoms. The Morgan fingerprint density at radius 2 is 1.86 bits per heavy atom. The highest BCUT2D eigenvalue weighted by atomic mass is 16.6. The molecule has 200 valence electrons. The van der Waals surface area contributed by atoms with Crippen molar-refractivity contribution in [2.75, 3.05) is 19.0 Å². The van der Waals surface area contributed by atoms with Crippen molar-refractivity contribution < 1.29 is 23.9 Å². The second-order valence-electron chi connectivity index (χ2n) is 9.57. The monoisotopic (exact) mass is 513 g/mol. The van der Waals surface area contributed by atoms with Gasteiger partial charge in [0.1, 0.15) is 22.6 Å². The molecule has 0 atom stereocenters. The topological polar surface area (TPSA) is 155 Å². The summed E-state index contributed by atoms with van der Waals surface area (Å²) in [6, 6.07) is 4.82. The number of aromatic nitrogens is 4. The summed E-state index contributed by atoms with van der Waals surface area (Å²) in [5, 5.41) is 9.95. The lowest BCUT2D eigenvalue weighted by Gasteiger charge is -2.19. The number of hydrogen-bond acceptors (Lipinski definition) is 7. The molecule has 0 bridgehead atoms. The summed E-state index contributed by atoms with van der Waals surface area (Å²) >= 11 is 0. The number of carbonyl (C=O) groups is 3. The lowest BCUT2D eigenvalue weighted by molar-refractivity contribution is 0.0526. The van der Waals surface area contributed by atoms with Gasteiger partial charge in [-0.1, -0.05) is 0 Å². The van der Waals surface area contributed by atoms with Crippen molar-refractivity contribution in [3.63, 3.8) is 0 Å². The highest BCUT2D eigenvalue weighted by molar-refractivity contribution is 6.04. The first-order valence-corrected chi connectivity index (χ1v) is 12.1. The van der Waals surface area contributed by atoms with Crippen molar-refractivity contribution in [1.82, 2.24) is 24.6 Å². The Bertz CT molecular complexity index is 1300. The fourth-order valence-corrected chi connectivity index (χ4v) is 3.88. The number of imidazole rings is 1. The number of unbranched alkanes of at least 4 members (excludes halogenated alkanes) is 1. The molecule has 2 aromatic heterocycles. The molecule has 4 N–H and O–H groups in total. The number of nitrogens with one attached hydrogen (secondary N) is 2. The van der Waals surface area contributed by atoms with Crippen molar-refractivity contribution in [2.24, 2.45) is 5.73 Å². The molecular formula is C25H35N7O5. The Labute approximate surface area is 215 Å². The van der Waals surface area contributed by atoms with Crippen LogP contribution in [0.25, 0.3) is 11.0 Å². The average Bonchev–Trinajstić information content (AvgIpc) is 3.36. The molecule has 0 saturated heterocycles.